The first-order chi connectivity index (χ1) is 13.2. The average molecular weight is 364 g/mol. The molecular weight excluding hydrogens is 340 g/mol. The average Bonchev–Trinajstić information content (AvgIpc) is 3.08. The van der Waals surface area contributed by atoms with Gasteiger partial charge in [0.2, 0.25) is 0 Å². The number of aliphatic hydroxyl groups is 1. The van der Waals surface area contributed by atoms with Crippen LogP contribution < -0.4 is 0 Å². The molecule has 1 aliphatic heterocycles. The summed E-state index contributed by atoms with van der Waals surface area (Å²) in [6, 6.07) is 9.56. The van der Waals surface area contributed by atoms with Gasteiger partial charge in [0.15, 0.2) is 0 Å². The number of carbonyl (C=O) groups is 1. The fourth-order valence-corrected chi connectivity index (χ4v) is 3.93. The van der Waals surface area contributed by atoms with Crippen molar-refractivity contribution in [3.63, 3.8) is 0 Å². The van der Waals surface area contributed by atoms with Gasteiger partial charge in [0, 0.05) is 54.6 Å². The lowest BCUT2D eigenvalue weighted by molar-refractivity contribution is 0.0710. The molecule has 0 aliphatic carbocycles. The van der Waals surface area contributed by atoms with Crippen LogP contribution in [0.4, 0.5) is 0 Å². The number of hydrogen-bond donors (Lipinski definition) is 1. The molecule has 6 heteroatoms. The number of aryl methyl sites for hydroxylation is 1. The van der Waals surface area contributed by atoms with Gasteiger partial charge in [0.05, 0.1) is 12.1 Å². The Morgan fingerprint density at radius 1 is 1.22 bits per heavy atom. The monoisotopic (exact) mass is 364 g/mol. The van der Waals surface area contributed by atoms with Crippen molar-refractivity contribution in [3.8, 4) is 0 Å². The van der Waals surface area contributed by atoms with Crippen molar-refractivity contribution >= 4 is 16.8 Å². The van der Waals surface area contributed by atoms with Gasteiger partial charge in [-0.25, -0.2) is 4.98 Å². The maximum atomic E-state index is 12.9. The Bertz CT molecular complexity index is 958. The molecule has 1 aromatic carbocycles. The van der Waals surface area contributed by atoms with Gasteiger partial charge in [-0.3, -0.25) is 9.78 Å². The van der Waals surface area contributed by atoms with Crippen molar-refractivity contribution < 1.29 is 9.90 Å². The van der Waals surface area contributed by atoms with Crippen molar-refractivity contribution in [2.45, 2.75) is 32.2 Å². The van der Waals surface area contributed by atoms with Gasteiger partial charge in [-0.2, -0.15) is 0 Å². The molecule has 0 spiro atoms. The lowest BCUT2D eigenvalue weighted by Gasteiger charge is -2.32. The van der Waals surface area contributed by atoms with E-state index in [0.717, 1.165) is 48.4 Å². The van der Waals surface area contributed by atoms with Gasteiger partial charge in [-0.05, 0) is 44.0 Å². The second kappa shape index (κ2) is 7.48. The molecular formula is C21H24N4O2. The van der Waals surface area contributed by atoms with E-state index in [9.17, 15) is 9.90 Å². The highest BCUT2D eigenvalue weighted by Gasteiger charge is 2.27. The summed E-state index contributed by atoms with van der Waals surface area (Å²) in [6.07, 6.45) is 5.41. The molecule has 0 unspecified atom stereocenters. The van der Waals surface area contributed by atoms with E-state index in [-0.39, 0.29) is 12.5 Å². The SMILES string of the molecule is Cc1cnc(C2CCN(C(=O)c3ccc4ncccc4c3)CC2)n1CCO. The Balaban J connectivity index is 1.46. The van der Waals surface area contributed by atoms with E-state index in [1.807, 2.05) is 48.4 Å². The Labute approximate surface area is 158 Å². The van der Waals surface area contributed by atoms with Crippen LogP contribution in [0, 0.1) is 6.92 Å². The molecule has 140 valence electrons. The minimum absolute atomic E-state index is 0.0779. The quantitative estimate of drug-likeness (QED) is 0.773. The minimum Gasteiger partial charge on any atom is -0.395 e. The standard InChI is InChI=1S/C21H24N4O2/c1-15-14-23-20(25(15)11-12-26)16-6-9-24(10-7-16)21(27)18-4-5-19-17(13-18)3-2-8-22-19/h2-5,8,13-14,16,26H,6-7,9-12H2,1H3. The van der Waals surface area contributed by atoms with Gasteiger partial charge < -0.3 is 14.6 Å². The van der Waals surface area contributed by atoms with Crippen molar-refractivity contribution in [3.05, 3.63) is 59.8 Å². The maximum absolute atomic E-state index is 12.9. The molecule has 27 heavy (non-hydrogen) atoms. The van der Waals surface area contributed by atoms with Crippen LogP contribution in [0.2, 0.25) is 0 Å². The Morgan fingerprint density at radius 2 is 2.04 bits per heavy atom. The van der Waals surface area contributed by atoms with Gasteiger partial charge in [-0.1, -0.05) is 6.07 Å². The first kappa shape index (κ1) is 17.7. The predicted octanol–water partition coefficient (Wildman–Crippen LogP) is 2.75. The summed E-state index contributed by atoms with van der Waals surface area (Å²) in [5.41, 5.74) is 2.69. The summed E-state index contributed by atoms with van der Waals surface area (Å²) in [6.45, 7) is 4.14. The molecule has 4 rings (SSSR count). The Morgan fingerprint density at radius 3 is 2.81 bits per heavy atom. The lowest BCUT2D eigenvalue weighted by Crippen LogP contribution is -2.38. The number of nitrogens with zero attached hydrogens (tertiary/aromatic N) is 4. The summed E-state index contributed by atoms with van der Waals surface area (Å²) in [5.74, 6) is 1.44. The predicted molar refractivity (Wildman–Crippen MR) is 104 cm³/mol. The van der Waals surface area contributed by atoms with E-state index in [1.54, 1.807) is 6.20 Å². The molecule has 1 saturated heterocycles. The lowest BCUT2D eigenvalue weighted by atomic mass is 9.95. The molecule has 1 N–H and O–H groups in total. The topological polar surface area (TPSA) is 71.2 Å². The molecule has 2 aromatic heterocycles. The van der Waals surface area contributed by atoms with E-state index in [4.69, 9.17) is 0 Å². The summed E-state index contributed by atoms with van der Waals surface area (Å²) < 4.78 is 2.10. The van der Waals surface area contributed by atoms with Crippen molar-refractivity contribution in [1.29, 1.82) is 0 Å². The molecule has 3 heterocycles. The first-order valence-electron chi connectivity index (χ1n) is 9.44. The highest BCUT2D eigenvalue weighted by atomic mass is 16.3. The van der Waals surface area contributed by atoms with Crippen LogP contribution >= 0.6 is 0 Å². The fraction of sp³-hybridized carbons (Fsp3) is 0.381. The zero-order valence-electron chi connectivity index (χ0n) is 15.5. The molecule has 0 bridgehead atoms. The summed E-state index contributed by atoms with van der Waals surface area (Å²) in [5, 5.41) is 10.3. The van der Waals surface area contributed by atoms with Crippen molar-refractivity contribution in [2.24, 2.45) is 0 Å². The van der Waals surface area contributed by atoms with Crippen LogP contribution in [-0.2, 0) is 6.54 Å². The van der Waals surface area contributed by atoms with Gasteiger partial charge >= 0.3 is 0 Å². The maximum Gasteiger partial charge on any atom is 0.253 e. The number of piperidine rings is 1. The third-order valence-electron chi connectivity index (χ3n) is 5.41. The largest absolute Gasteiger partial charge is 0.395 e. The van der Waals surface area contributed by atoms with E-state index in [0.29, 0.717) is 18.0 Å². The number of imidazole rings is 1. The first-order valence-corrected chi connectivity index (χ1v) is 9.44. The smallest absolute Gasteiger partial charge is 0.253 e. The van der Waals surface area contributed by atoms with Crippen LogP contribution in [0.1, 0.15) is 40.6 Å². The molecule has 0 atom stereocenters. The molecule has 1 aliphatic rings. The number of benzene rings is 1. The van der Waals surface area contributed by atoms with Gasteiger partial charge in [0.25, 0.3) is 5.91 Å². The molecule has 6 nitrogen and oxygen atoms in total. The zero-order valence-corrected chi connectivity index (χ0v) is 15.5. The van der Waals surface area contributed by atoms with E-state index < -0.39 is 0 Å². The zero-order chi connectivity index (χ0) is 18.8. The highest BCUT2D eigenvalue weighted by molar-refractivity contribution is 5.98. The molecule has 1 amide bonds. The number of aliphatic hydroxyl groups excluding tert-OH is 1. The molecule has 3 aromatic rings. The summed E-state index contributed by atoms with van der Waals surface area (Å²) >= 11 is 0. The summed E-state index contributed by atoms with van der Waals surface area (Å²) in [4.78, 5) is 23.7. The van der Waals surface area contributed by atoms with E-state index >= 15 is 0 Å². The van der Waals surface area contributed by atoms with Crippen LogP contribution in [0.25, 0.3) is 10.9 Å². The number of pyridine rings is 1. The second-order valence-corrected chi connectivity index (χ2v) is 7.11. The van der Waals surface area contributed by atoms with E-state index in [1.165, 1.54) is 0 Å². The van der Waals surface area contributed by atoms with Crippen LogP contribution in [-0.4, -0.2) is 50.1 Å². The minimum atomic E-state index is 0.0779. The molecule has 0 radical (unpaired) electrons. The van der Waals surface area contributed by atoms with Crippen LogP contribution in [0.15, 0.2) is 42.7 Å². The summed E-state index contributed by atoms with van der Waals surface area (Å²) in [7, 11) is 0. The van der Waals surface area contributed by atoms with Crippen molar-refractivity contribution in [2.75, 3.05) is 19.7 Å². The second-order valence-electron chi connectivity index (χ2n) is 7.11. The third kappa shape index (κ3) is 3.45. The number of hydrogen-bond acceptors (Lipinski definition) is 4. The Kier molecular flexibility index (Phi) is 4.90. The number of fused-ring (bicyclic) bond motifs is 1. The van der Waals surface area contributed by atoms with Gasteiger partial charge in [0.1, 0.15) is 5.82 Å². The van der Waals surface area contributed by atoms with Crippen LogP contribution in [0.5, 0.6) is 0 Å². The molecule has 1 fully saturated rings. The highest BCUT2D eigenvalue weighted by Crippen LogP contribution is 2.29. The molecule has 0 saturated carbocycles. The number of amides is 1. The van der Waals surface area contributed by atoms with Crippen LogP contribution in [0.3, 0.4) is 0 Å². The van der Waals surface area contributed by atoms with Gasteiger partial charge in [-0.15, -0.1) is 0 Å². The number of carbonyl (C=O) groups excluding carboxylic acids is 1. The fourth-order valence-electron chi connectivity index (χ4n) is 3.93. The number of aromatic nitrogens is 3. The third-order valence-corrected chi connectivity index (χ3v) is 5.41. The van der Waals surface area contributed by atoms with E-state index in [2.05, 4.69) is 14.5 Å². The number of rotatable bonds is 4. The number of likely N-dealkylation sites (tertiary alicyclic amines) is 1. The Hall–Kier alpha value is -2.73. The normalized spacial score (nSPS) is 15.4. The van der Waals surface area contributed by atoms with Crippen molar-refractivity contribution in [1.82, 2.24) is 19.4 Å².